The topological polar surface area (TPSA) is 89.0 Å². The predicted octanol–water partition coefficient (Wildman–Crippen LogP) is 5.13. The summed E-state index contributed by atoms with van der Waals surface area (Å²) in [6.45, 7) is 6.10. The Bertz CT molecular complexity index is 1250. The summed E-state index contributed by atoms with van der Waals surface area (Å²) in [4.78, 5) is 33.4. The first-order chi connectivity index (χ1) is 16.8. The molecule has 7 nitrogen and oxygen atoms in total. The lowest BCUT2D eigenvalue weighted by atomic mass is 9.95. The molecular weight excluding hydrogens is 464 g/mol. The maximum Gasteiger partial charge on any atom is 0.290 e. The molecule has 1 aromatic heterocycles. The number of thiazole rings is 1. The standard InChI is InChI=1S/C27H28N2O5S/c1-16(2)34-15-14-29-22(18-10-12-20(33-4)13-11-18)21(24(31)27(29)32)23(30)25-17(3)28-26(35-25)19-8-6-5-7-9-19/h5-13,16,22,31H,14-15H2,1-4H3. The van der Waals surface area contributed by atoms with Crippen LogP contribution in [0.15, 0.2) is 65.9 Å². The summed E-state index contributed by atoms with van der Waals surface area (Å²) in [7, 11) is 1.57. The number of hydrogen-bond donors (Lipinski definition) is 1. The molecule has 35 heavy (non-hydrogen) atoms. The fourth-order valence-corrected chi connectivity index (χ4v) is 5.10. The number of aromatic nitrogens is 1. The van der Waals surface area contributed by atoms with Crippen LogP contribution in [0.5, 0.6) is 5.75 Å². The zero-order chi connectivity index (χ0) is 25.1. The zero-order valence-corrected chi connectivity index (χ0v) is 21.0. The van der Waals surface area contributed by atoms with Crippen molar-refractivity contribution in [3.8, 4) is 16.3 Å². The summed E-state index contributed by atoms with van der Waals surface area (Å²) >= 11 is 1.26. The van der Waals surface area contributed by atoms with Gasteiger partial charge in [0.05, 0.1) is 42.0 Å². The Morgan fingerprint density at radius 1 is 1.14 bits per heavy atom. The van der Waals surface area contributed by atoms with Gasteiger partial charge in [0.2, 0.25) is 5.78 Å². The number of carbonyl (C=O) groups excluding carboxylic acids is 2. The Labute approximate surface area is 208 Å². The van der Waals surface area contributed by atoms with Crippen LogP contribution in [-0.2, 0) is 9.53 Å². The van der Waals surface area contributed by atoms with E-state index in [1.807, 2.05) is 44.2 Å². The quantitative estimate of drug-likeness (QED) is 0.417. The molecule has 1 unspecified atom stereocenters. The molecule has 0 aliphatic carbocycles. The van der Waals surface area contributed by atoms with E-state index in [-0.39, 0.29) is 24.8 Å². The Hall–Kier alpha value is -3.49. The lowest BCUT2D eigenvalue weighted by molar-refractivity contribution is -0.130. The molecule has 1 N–H and O–H groups in total. The van der Waals surface area contributed by atoms with Crippen LogP contribution in [-0.4, -0.2) is 53.0 Å². The number of hydrogen-bond acceptors (Lipinski definition) is 7. The van der Waals surface area contributed by atoms with E-state index in [4.69, 9.17) is 9.47 Å². The Morgan fingerprint density at radius 2 is 1.83 bits per heavy atom. The SMILES string of the molecule is COc1ccc(C2C(C(=O)c3sc(-c4ccccc4)nc3C)=C(O)C(=O)N2CCOC(C)C)cc1. The molecule has 1 atom stereocenters. The number of aryl methyl sites for hydroxylation is 1. The monoisotopic (exact) mass is 492 g/mol. The minimum absolute atomic E-state index is 0.00829. The molecule has 0 bridgehead atoms. The van der Waals surface area contributed by atoms with Gasteiger partial charge in [0.1, 0.15) is 10.8 Å². The second-order valence-electron chi connectivity index (χ2n) is 8.48. The van der Waals surface area contributed by atoms with Crippen LogP contribution in [0.4, 0.5) is 0 Å². The van der Waals surface area contributed by atoms with Gasteiger partial charge in [-0.15, -0.1) is 11.3 Å². The maximum absolute atomic E-state index is 13.8. The molecule has 3 aromatic rings. The number of ether oxygens (including phenoxy) is 2. The van der Waals surface area contributed by atoms with E-state index in [9.17, 15) is 14.7 Å². The van der Waals surface area contributed by atoms with E-state index in [0.717, 1.165) is 5.56 Å². The van der Waals surface area contributed by atoms with Gasteiger partial charge in [-0.3, -0.25) is 9.59 Å². The van der Waals surface area contributed by atoms with Crippen LogP contribution in [0.25, 0.3) is 10.6 Å². The molecule has 0 spiro atoms. The van der Waals surface area contributed by atoms with Crippen molar-refractivity contribution in [1.29, 1.82) is 0 Å². The fourth-order valence-electron chi connectivity index (χ4n) is 4.07. The highest BCUT2D eigenvalue weighted by molar-refractivity contribution is 7.17. The first kappa shape index (κ1) is 24.6. The molecule has 1 aliphatic heterocycles. The van der Waals surface area contributed by atoms with E-state index in [1.165, 1.54) is 16.2 Å². The van der Waals surface area contributed by atoms with Gasteiger partial charge in [0.15, 0.2) is 5.76 Å². The number of nitrogens with zero attached hydrogens (tertiary/aromatic N) is 2. The summed E-state index contributed by atoms with van der Waals surface area (Å²) in [6, 6.07) is 16.0. The average molecular weight is 493 g/mol. The molecule has 0 fully saturated rings. The summed E-state index contributed by atoms with van der Waals surface area (Å²) in [5, 5.41) is 11.6. The minimum Gasteiger partial charge on any atom is -0.503 e. The highest BCUT2D eigenvalue weighted by Crippen LogP contribution is 2.41. The molecule has 4 rings (SSSR count). The first-order valence-corrected chi connectivity index (χ1v) is 12.2. The molecule has 0 radical (unpaired) electrons. The zero-order valence-electron chi connectivity index (χ0n) is 20.1. The lowest BCUT2D eigenvalue weighted by Crippen LogP contribution is -2.34. The van der Waals surface area contributed by atoms with Crippen LogP contribution in [0.1, 0.15) is 40.8 Å². The van der Waals surface area contributed by atoms with Gasteiger partial charge < -0.3 is 19.5 Å². The van der Waals surface area contributed by atoms with Gasteiger partial charge in [-0.2, -0.15) is 0 Å². The third-order valence-electron chi connectivity index (χ3n) is 5.79. The second-order valence-corrected chi connectivity index (χ2v) is 9.48. The third kappa shape index (κ3) is 4.99. The van der Waals surface area contributed by atoms with Crippen molar-refractivity contribution < 1.29 is 24.2 Å². The van der Waals surface area contributed by atoms with Crippen LogP contribution >= 0.6 is 11.3 Å². The number of benzene rings is 2. The fraction of sp³-hybridized carbons (Fsp3) is 0.296. The van der Waals surface area contributed by atoms with Crippen molar-refractivity contribution in [2.24, 2.45) is 0 Å². The molecule has 1 amide bonds. The third-order valence-corrected chi connectivity index (χ3v) is 6.99. The number of carbonyl (C=O) groups is 2. The largest absolute Gasteiger partial charge is 0.503 e. The van der Waals surface area contributed by atoms with Crippen molar-refractivity contribution in [2.45, 2.75) is 32.9 Å². The van der Waals surface area contributed by atoms with Crippen molar-refractivity contribution in [1.82, 2.24) is 9.88 Å². The number of rotatable bonds is 9. The van der Waals surface area contributed by atoms with Crippen LogP contribution in [0.2, 0.25) is 0 Å². The molecule has 2 aromatic carbocycles. The highest BCUT2D eigenvalue weighted by atomic mass is 32.1. The molecule has 1 aliphatic rings. The van der Waals surface area contributed by atoms with Crippen LogP contribution in [0, 0.1) is 6.92 Å². The Balaban J connectivity index is 1.73. The first-order valence-electron chi connectivity index (χ1n) is 11.4. The predicted molar refractivity (Wildman–Crippen MR) is 135 cm³/mol. The lowest BCUT2D eigenvalue weighted by Gasteiger charge is -2.27. The van der Waals surface area contributed by atoms with E-state index in [1.54, 1.807) is 38.3 Å². The van der Waals surface area contributed by atoms with E-state index >= 15 is 0 Å². The van der Waals surface area contributed by atoms with Gasteiger partial charge in [0.25, 0.3) is 5.91 Å². The van der Waals surface area contributed by atoms with Crippen molar-refractivity contribution in [2.75, 3.05) is 20.3 Å². The van der Waals surface area contributed by atoms with E-state index in [0.29, 0.717) is 26.9 Å². The van der Waals surface area contributed by atoms with Crippen LogP contribution < -0.4 is 4.74 Å². The van der Waals surface area contributed by atoms with Crippen molar-refractivity contribution in [3.63, 3.8) is 0 Å². The number of methoxy groups -OCH3 is 1. The molecule has 2 heterocycles. The van der Waals surface area contributed by atoms with Crippen molar-refractivity contribution >= 4 is 23.0 Å². The molecule has 0 saturated heterocycles. The van der Waals surface area contributed by atoms with Gasteiger partial charge >= 0.3 is 0 Å². The summed E-state index contributed by atoms with van der Waals surface area (Å²) in [6.07, 6.45) is -0.00829. The number of ketones is 1. The summed E-state index contributed by atoms with van der Waals surface area (Å²) in [5.41, 5.74) is 2.21. The minimum atomic E-state index is -0.752. The number of aliphatic hydroxyl groups excluding tert-OH is 1. The molecular formula is C27H28N2O5S. The number of amides is 1. The van der Waals surface area contributed by atoms with E-state index < -0.39 is 23.5 Å². The van der Waals surface area contributed by atoms with Crippen LogP contribution in [0.3, 0.4) is 0 Å². The highest BCUT2D eigenvalue weighted by Gasteiger charge is 2.44. The number of Topliss-reactive ketones (excluding diaryl/α,β-unsaturated/α-hetero) is 1. The maximum atomic E-state index is 13.8. The summed E-state index contributed by atoms with van der Waals surface area (Å²) < 4.78 is 10.9. The number of aliphatic hydroxyl groups is 1. The molecule has 8 heteroatoms. The molecule has 182 valence electrons. The summed E-state index contributed by atoms with van der Waals surface area (Å²) in [5.74, 6) is -0.873. The average Bonchev–Trinajstić information content (AvgIpc) is 3.37. The van der Waals surface area contributed by atoms with Gasteiger partial charge in [-0.25, -0.2) is 4.98 Å². The second kappa shape index (κ2) is 10.4. The normalized spacial score (nSPS) is 15.9. The van der Waals surface area contributed by atoms with Gasteiger partial charge in [0, 0.05) is 12.1 Å². The van der Waals surface area contributed by atoms with Gasteiger partial charge in [-0.1, -0.05) is 42.5 Å². The van der Waals surface area contributed by atoms with Crippen molar-refractivity contribution in [3.05, 3.63) is 82.1 Å². The van der Waals surface area contributed by atoms with E-state index in [2.05, 4.69) is 4.98 Å². The Morgan fingerprint density at radius 3 is 2.46 bits per heavy atom. The van der Waals surface area contributed by atoms with Gasteiger partial charge in [-0.05, 0) is 38.5 Å². The Kier molecular flexibility index (Phi) is 7.33. The molecule has 0 saturated carbocycles. The smallest absolute Gasteiger partial charge is 0.290 e.